The van der Waals surface area contributed by atoms with Gasteiger partial charge in [0.1, 0.15) is 6.17 Å². The highest BCUT2D eigenvalue weighted by Gasteiger charge is 2.35. The van der Waals surface area contributed by atoms with E-state index in [0.29, 0.717) is 17.1 Å². The Hall–Kier alpha value is -2.99. The quantitative estimate of drug-likeness (QED) is 0.605. The number of nitrogens with one attached hydrogen (secondary N) is 1. The van der Waals surface area contributed by atoms with Gasteiger partial charge in [0.2, 0.25) is 0 Å². The van der Waals surface area contributed by atoms with Gasteiger partial charge in [-0.25, -0.2) is 0 Å². The lowest BCUT2D eigenvalue weighted by atomic mass is 10.0. The van der Waals surface area contributed by atoms with Gasteiger partial charge in [0.25, 0.3) is 5.91 Å². The van der Waals surface area contributed by atoms with Crippen LogP contribution in [-0.2, 0) is 0 Å². The predicted molar refractivity (Wildman–Crippen MR) is 113 cm³/mol. The van der Waals surface area contributed by atoms with E-state index in [1.165, 1.54) is 0 Å². The van der Waals surface area contributed by atoms with Crippen LogP contribution in [0.1, 0.15) is 22.1 Å². The van der Waals surface area contributed by atoms with Crippen LogP contribution in [0.25, 0.3) is 0 Å². The van der Waals surface area contributed by atoms with Crippen molar-refractivity contribution in [3.05, 3.63) is 82.3 Å². The van der Waals surface area contributed by atoms with Crippen LogP contribution in [-0.4, -0.2) is 20.1 Å². The maximum absolute atomic E-state index is 13.4. The largest absolute Gasteiger partial charge is 0.493 e. The van der Waals surface area contributed by atoms with Gasteiger partial charge in [-0.05, 0) is 36.4 Å². The number of carbonyl (C=O) groups excluding carboxylic acids is 1. The number of carbonyl (C=O) groups is 1. The fourth-order valence-electron chi connectivity index (χ4n) is 3.41. The molecule has 28 heavy (non-hydrogen) atoms. The Morgan fingerprint density at radius 3 is 2.29 bits per heavy atom. The van der Waals surface area contributed by atoms with Gasteiger partial charge in [0.05, 0.1) is 19.8 Å². The highest BCUT2D eigenvalue weighted by atomic mass is 79.9. The molecule has 1 amide bonds. The highest BCUT2D eigenvalue weighted by Crippen LogP contribution is 2.42. The van der Waals surface area contributed by atoms with Gasteiger partial charge in [0, 0.05) is 21.4 Å². The smallest absolute Gasteiger partial charge is 0.262 e. The zero-order valence-corrected chi connectivity index (χ0v) is 17.1. The first kappa shape index (κ1) is 18.4. The molecule has 1 aliphatic rings. The van der Waals surface area contributed by atoms with Gasteiger partial charge in [-0.3, -0.25) is 9.69 Å². The van der Waals surface area contributed by atoms with Crippen molar-refractivity contribution in [2.45, 2.75) is 6.17 Å². The Labute approximate surface area is 172 Å². The number of nitrogens with zero attached hydrogens (tertiary/aromatic N) is 1. The number of amides is 1. The molecule has 0 bridgehead atoms. The molecule has 3 aromatic rings. The number of fused-ring (bicyclic) bond motifs is 1. The summed E-state index contributed by atoms with van der Waals surface area (Å²) in [4.78, 5) is 15.2. The molecular weight excluding hydrogens is 420 g/mol. The van der Waals surface area contributed by atoms with E-state index in [4.69, 9.17) is 9.47 Å². The maximum Gasteiger partial charge on any atom is 0.262 e. The number of hydrogen-bond donors (Lipinski definition) is 1. The molecule has 5 nitrogen and oxygen atoms in total. The standard InChI is InChI=1S/C22H19BrN2O3/c1-27-19-12-16(17(23)13-20(19)28-2)21-24-18-11-7-6-10-15(18)22(26)25(21)14-8-4-3-5-9-14/h3-13,21,24H,1-2H3. The first-order valence-corrected chi connectivity index (χ1v) is 9.59. The van der Waals surface area contributed by atoms with E-state index in [1.807, 2.05) is 66.7 Å². The van der Waals surface area contributed by atoms with Crippen molar-refractivity contribution in [2.75, 3.05) is 24.4 Å². The summed E-state index contributed by atoms with van der Waals surface area (Å²) in [5.74, 6) is 1.15. The number of halogens is 1. The molecule has 1 atom stereocenters. The summed E-state index contributed by atoms with van der Waals surface area (Å²) in [6, 6.07) is 20.9. The molecular formula is C22H19BrN2O3. The Bertz CT molecular complexity index is 1020. The number of anilines is 2. The lowest BCUT2D eigenvalue weighted by Gasteiger charge is -2.38. The zero-order valence-electron chi connectivity index (χ0n) is 15.5. The van der Waals surface area contributed by atoms with Gasteiger partial charge < -0.3 is 14.8 Å². The van der Waals surface area contributed by atoms with E-state index >= 15 is 0 Å². The average Bonchev–Trinajstić information content (AvgIpc) is 2.74. The normalized spacial score (nSPS) is 15.6. The van der Waals surface area contributed by atoms with E-state index in [1.54, 1.807) is 19.1 Å². The van der Waals surface area contributed by atoms with Crippen LogP contribution in [0, 0.1) is 0 Å². The van der Waals surface area contributed by atoms with Gasteiger partial charge in [-0.2, -0.15) is 0 Å². The predicted octanol–water partition coefficient (Wildman–Crippen LogP) is 5.24. The third-order valence-corrected chi connectivity index (χ3v) is 5.45. The number of ether oxygens (including phenoxy) is 2. The minimum atomic E-state index is -0.418. The summed E-state index contributed by atoms with van der Waals surface area (Å²) < 4.78 is 11.7. The minimum absolute atomic E-state index is 0.0627. The molecule has 0 aromatic heterocycles. The number of benzene rings is 3. The third kappa shape index (κ3) is 3.10. The van der Waals surface area contributed by atoms with Crippen LogP contribution in [0.5, 0.6) is 11.5 Å². The summed E-state index contributed by atoms with van der Waals surface area (Å²) in [7, 11) is 3.19. The molecule has 4 rings (SSSR count). The fourth-order valence-corrected chi connectivity index (χ4v) is 3.94. The molecule has 0 fully saturated rings. The van der Waals surface area contributed by atoms with Crippen LogP contribution in [0.15, 0.2) is 71.2 Å². The lowest BCUT2D eigenvalue weighted by Crippen LogP contribution is -2.43. The SMILES string of the molecule is COc1cc(Br)c(C2Nc3ccccc3C(=O)N2c2ccccc2)cc1OC. The van der Waals surface area contributed by atoms with E-state index in [9.17, 15) is 4.79 Å². The molecule has 0 radical (unpaired) electrons. The van der Waals surface area contributed by atoms with Crippen molar-refractivity contribution in [3.63, 3.8) is 0 Å². The zero-order chi connectivity index (χ0) is 19.7. The van der Waals surface area contributed by atoms with Crippen LogP contribution in [0.3, 0.4) is 0 Å². The second-order valence-electron chi connectivity index (χ2n) is 6.33. The van der Waals surface area contributed by atoms with Gasteiger partial charge in [-0.1, -0.05) is 46.3 Å². The Balaban J connectivity index is 1.90. The Kier molecular flexibility index (Phi) is 4.96. The Morgan fingerprint density at radius 1 is 0.929 bits per heavy atom. The molecule has 0 saturated heterocycles. The van der Waals surface area contributed by atoms with E-state index < -0.39 is 6.17 Å². The number of hydrogen-bond acceptors (Lipinski definition) is 4. The van der Waals surface area contributed by atoms with Gasteiger partial charge >= 0.3 is 0 Å². The molecule has 0 aliphatic carbocycles. The van der Waals surface area contributed by atoms with Crippen molar-refractivity contribution in [1.29, 1.82) is 0 Å². The summed E-state index contributed by atoms with van der Waals surface area (Å²) >= 11 is 3.63. The molecule has 0 saturated carbocycles. The molecule has 1 N–H and O–H groups in total. The summed E-state index contributed by atoms with van der Waals surface area (Å²) in [5.41, 5.74) is 3.11. The van der Waals surface area contributed by atoms with Crippen LogP contribution in [0.4, 0.5) is 11.4 Å². The van der Waals surface area contributed by atoms with Crippen LogP contribution in [0.2, 0.25) is 0 Å². The molecule has 0 spiro atoms. The minimum Gasteiger partial charge on any atom is -0.493 e. The fraction of sp³-hybridized carbons (Fsp3) is 0.136. The summed E-state index contributed by atoms with van der Waals surface area (Å²) in [5, 5.41) is 3.50. The van der Waals surface area contributed by atoms with Gasteiger partial charge in [-0.15, -0.1) is 0 Å². The van der Waals surface area contributed by atoms with Crippen molar-refractivity contribution < 1.29 is 14.3 Å². The molecule has 142 valence electrons. The summed E-state index contributed by atoms with van der Waals surface area (Å²) in [6.07, 6.45) is -0.418. The molecule has 1 unspecified atom stereocenters. The highest BCUT2D eigenvalue weighted by molar-refractivity contribution is 9.10. The third-order valence-electron chi connectivity index (χ3n) is 4.76. The van der Waals surface area contributed by atoms with Crippen molar-refractivity contribution in [1.82, 2.24) is 0 Å². The second kappa shape index (κ2) is 7.56. The first-order valence-electron chi connectivity index (χ1n) is 8.79. The number of methoxy groups -OCH3 is 2. The van der Waals surface area contributed by atoms with E-state index in [-0.39, 0.29) is 5.91 Å². The molecule has 1 heterocycles. The molecule has 1 aliphatic heterocycles. The summed E-state index contributed by atoms with van der Waals surface area (Å²) in [6.45, 7) is 0. The average molecular weight is 439 g/mol. The maximum atomic E-state index is 13.4. The van der Waals surface area contributed by atoms with Gasteiger partial charge in [0.15, 0.2) is 11.5 Å². The van der Waals surface area contributed by atoms with Crippen molar-refractivity contribution >= 4 is 33.2 Å². The number of rotatable bonds is 4. The molecule has 6 heteroatoms. The molecule has 3 aromatic carbocycles. The Morgan fingerprint density at radius 2 is 1.57 bits per heavy atom. The second-order valence-corrected chi connectivity index (χ2v) is 7.19. The van der Waals surface area contributed by atoms with Crippen LogP contribution < -0.4 is 19.7 Å². The number of para-hydroxylation sites is 2. The van der Waals surface area contributed by atoms with Crippen molar-refractivity contribution in [2.24, 2.45) is 0 Å². The van der Waals surface area contributed by atoms with E-state index in [0.717, 1.165) is 21.4 Å². The monoisotopic (exact) mass is 438 g/mol. The van der Waals surface area contributed by atoms with Crippen LogP contribution >= 0.6 is 15.9 Å². The first-order chi connectivity index (χ1) is 13.6. The van der Waals surface area contributed by atoms with Crippen molar-refractivity contribution in [3.8, 4) is 11.5 Å². The van der Waals surface area contributed by atoms with E-state index in [2.05, 4.69) is 21.2 Å². The lowest BCUT2D eigenvalue weighted by molar-refractivity contribution is 0.0975. The topological polar surface area (TPSA) is 50.8 Å².